The summed E-state index contributed by atoms with van der Waals surface area (Å²) in [5.74, 6) is 0. The highest BCUT2D eigenvalue weighted by Crippen LogP contribution is 2.21. The Bertz CT molecular complexity index is 522. The van der Waals surface area contributed by atoms with E-state index in [1.54, 1.807) is 11.3 Å². The van der Waals surface area contributed by atoms with E-state index in [2.05, 4.69) is 52.1 Å². The van der Waals surface area contributed by atoms with Crippen LogP contribution in [0.1, 0.15) is 17.8 Å². The molecule has 1 aliphatic carbocycles. The van der Waals surface area contributed by atoms with Gasteiger partial charge in [0.1, 0.15) is 5.01 Å². The first kappa shape index (κ1) is 11.6. The summed E-state index contributed by atoms with van der Waals surface area (Å²) < 4.78 is 0. The van der Waals surface area contributed by atoms with Gasteiger partial charge in [0.15, 0.2) is 0 Å². The van der Waals surface area contributed by atoms with Crippen LogP contribution < -0.4 is 5.32 Å². The fourth-order valence-corrected chi connectivity index (χ4v) is 2.90. The van der Waals surface area contributed by atoms with E-state index in [9.17, 15) is 0 Å². The number of benzene rings is 1. The number of nitrogens with zero attached hydrogens (tertiary/aromatic N) is 1. The van der Waals surface area contributed by atoms with Crippen LogP contribution >= 0.6 is 11.3 Å². The lowest BCUT2D eigenvalue weighted by molar-refractivity contribution is 0.537. The maximum atomic E-state index is 4.68. The third-order valence-corrected chi connectivity index (χ3v) is 4.02. The van der Waals surface area contributed by atoms with Crippen molar-refractivity contribution in [1.82, 2.24) is 10.3 Å². The van der Waals surface area contributed by atoms with Gasteiger partial charge in [-0.15, -0.1) is 11.3 Å². The molecular weight excluding hydrogens is 240 g/mol. The van der Waals surface area contributed by atoms with E-state index in [0.717, 1.165) is 25.1 Å². The second-order valence-electron chi connectivity index (χ2n) is 4.51. The van der Waals surface area contributed by atoms with Gasteiger partial charge < -0.3 is 5.32 Å². The lowest BCUT2D eigenvalue weighted by Gasteiger charge is -2.09. The molecule has 2 nitrogen and oxygen atoms in total. The Balaban J connectivity index is 1.63. The SMILES string of the molecule is C1=CCC(NCc2nc(-c3ccccc3)cs2)C1. The Hall–Kier alpha value is -1.45. The van der Waals surface area contributed by atoms with E-state index in [-0.39, 0.29) is 0 Å². The molecule has 1 N–H and O–H groups in total. The van der Waals surface area contributed by atoms with E-state index in [1.807, 2.05) is 6.07 Å². The van der Waals surface area contributed by atoms with Gasteiger partial charge in [-0.1, -0.05) is 42.5 Å². The van der Waals surface area contributed by atoms with Crippen molar-refractivity contribution >= 4 is 11.3 Å². The second-order valence-corrected chi connectivity index (χ2v) is 5.46. The summed E-state index contributed by atoms with van der Waals surface area (Å²) in [6.07, 6.45) is 6.79. The predicted molar refractivity (Wildman–Crippen MR) is 76.6 cm³/mol. The van der Waals surface area contributed by atoms with Gasteiger partial charge in [-0.05, 0) is 12.8 Å². The third kappa shape index (κ3) is 2.68. The van der Waals surface area contributed by atoms with Gasteiger partial charge in [0.2, 0.25) is 0 Å². The van der Waals surface area contributed by atoms with Crippen molar-refractivity contribution in [2.75, 3.05) is 0 Å². The standard InChI is InChI=1S/C15H16N2S/c1-2-6-12(7-3-1)14-11-18-15(17-14)10-16-13-8-4-5-9-13/h1-7,11,13,16H,8-10H2. The molecule has 92 valence electrons. The van der Waals surface area contributed by atoms with E-state index < -0.39 is 0 Å². The topological polar surface area (TPSA) is 24.9 Å². The molecule has 0 spiro atoms. The third-order valence-electron chi connectivity index (χ3n) is 3.17. The zero-order valence-electron chi connectivity index (χ0n) is 10.2. The minimum atomic E-state index is 0.606. The maximum absolute atomic E-state index is 4.68. The molecule has 0 saturated carbocycles. The van der Waals surface area contributed by atoms with Crippen LogP contribution in [-0.4, -0.2) is 11.0 Å². The van der Waals surface area contributed by atoms with Crippen molar-refractivity contribution in [3.8, 4) is 11.3 Å². The molecule has 0 saturated heterocycles. The molecule has 1 aromatic carbocycles. The van der Waals surface area contributed by atoms with Crippen molar-refractivity contribution in [2.24, 2.45) is 0 Å². The minimum absolute atomic E-state index is 0.606. The highest BCUT2D eigenvalue weighted by Gasteiger charge is 2.10. The monoisotopic (exact) mass is 256 g/mol. The Labute approximate surface area is 111 Å². The fourth-order valence-electron chi connectivity index (χ4n) is 2.15. The summed E-state index contributed by atoms with van der Waals surface area (Å²) in [5, 5.41) is 6.85. The number of thiazole rings is 1. The number of nitrogens with one attached hydrogen (secondary N) is 1. The zero-order valence-corrected chi connectivity index (χ0v) is 11.0. The van der Waals surface area contributed by atoms with Crippen molar-refractivity contribution < 1.29 is 0 Å². The Morgan fingerprint density at radius 1 is 1.17 bits per heavy atom. The van der Waals surface area contributed by atoms with E-state index in [0.29, 0.717) is 6.04 Å². The number of rotatable bonds is 4. The number of hydrogen-bond donors (Lipinski definition) is 1. The predicted octanol–water partition coefficient (Wildman–Crippen LogP) is 3.62. The number of aromatic nitrogens is 1. The van der Waals surface area contributed by atoms with Crippen molar-refractivity contribution in [1.29, 1.82) is 0 Å². The van der Waals surface area contributed by atoms with E-state index >= 15 is 0 Å². The van der Waals surface area contributed by atoms with Crippen LogP contribution in [0.5, 0.6) is 0 Å². The van der Waals surface area contributed by atoms with Gasteiger partial charge in [0.25, 0.3) is 0 Å². The second kappa shape index (κ2) is 5.46. The molecule has 18 heavy (non-hydrogen) atoms. The Morgan fingerprint density at radius 2 is 1.94 bits per heavy atom. The van der Waals surface area contributed by atoms with Crippen LogP contribution in [0.25, 0.3) is 11.3 Å². The fraction of sp³-hybridized carbons (Fsp3) is 0.267. The van der Waals surface area contributed by atoms with Crippen LogP contribution in [0.3, 0.4) is 0 Å². The lowest BCUT2D eigenvalue weighted by atomic mass is 10.2. The summed E-state index contributed by atoms with van der Waals surface area (Å²) in [6, 6.07) is 11.0. The van der Waals surface area contributed by atoms with Crippen molar-refractivity contribution in [3.05, 3.63) is 52.9 Å². The first-order chi connectivity index (χ1) is 8.92. The molecule has 0 atom stereocenters. The Kier molecular flexibility index (Phi) is 3.53. The van der Waals surface area contributed by atoms with Crippen LogP contribution in [-0.2, 0) is 6.54 Å². The summed E-state index contributed by atoms with van der Waals surface area (Å²) in [5.41, 5.74) is 2.28. The van der Waals surface area contributed by atoms with Gasteiger partial charge in [-0.2, -0.15) is 0 Å². The van der Waals surface area contributed by atoms with Gasteiger partial charge in [0.05, 0.1) is 5.69 Å². The minimum Gasteiger partial charge on any atom is -0.307 e. The van der Waals surface area contributed by atoms with Crippen LogP contribution in [0.2, 0.25) is 0 Å². The molecule has 0 amide bonds. The molecule has 3 rings (SSSR count). The zero-order chi connectivity index (χ0) is 12.2. The molecule has 0 unspecified atom stereocenters. The molecule has 1 aromatic heterocycles. The number of hydrogen-bond acceptors (Lipinski definition) is 3. The van der Waals surface area contributed by atoms with Gasteiger partial charge in [0, 0.05) is 23.5 Å². The molecule has 0 radical (unpaired) electrons. The molecule has 1 aliphatic rings. The molecule has 2 aromatic rings. The normalized spacial score (nSPS) is 15.3. The highest BCUT2D eigenvalue weighted by molar-refractivity contribution is 7.09. The quantitative estimate of drug-likeness (QED) is 0.845. The molecule has 0 bridgehead atoms. The van der Waals surface area contributed by atoms with Crippen LogP contribution in [0.15, 0.2) is 47.9 Å². The maximum Gasteiger partial charge on any atom is 0.107 e. The Morgan fingerprint density at radius 3 is 2.72 bits per heavy atom. The summed E-state index contributed by atoms with van der Waals surface area (Å²) in [7, 11) is 0. The average Bonchev–Trinajstić information content (AvgIpc) is 3.09. The van der Waals surface area contributed by atoms with E-state index in [1.165, 1.54) is 10.6 Å². The average molecular weight is 256 g/mol. The molecule has 1 heterocycles. The first-order valence-electron chi connectivity index (χ1n) is 6.30. The summed E-state index contributed by atoms with van der Waals surface area (Å²) in [4.78, 5) is 4.68. The van der Waals surface area contributed by atoms with Crippen LogP contribution in [0.4, 0.5) is 0 Å². The van der Waals surface area contributed by atoms with Crippen molar-refractivity contribution in [3.63, 3.8) is 0 Å². The van der Waals surface area contributed by atoms with Crippen molar-refractivity contribution in [2.45, 2.75) is 25.4 Å². The smallest absolute Gasteiger partial charge is 0.107 e. The summed E-state index contributed by atoms with van der Waals surface area (Å²) >= 11 is 1.73. The molecular formula is C15H16N2S. The largest absolute Gasteiger partial charge is 0.307 e. The van der Waals surface area contributed by atoms with Crippen LogP contribution in [0, 0.1) is 0 Å². The molecule has 0 aliphatic heterocycles. The highest BCUT2D eigenvalue weighted by atomic mass is 32.1. The van der Waals surface area contributed by atoms with Gasteiger partial charge >= 0.3 is 0 Å². The molecule has 0 fully saturated rings. The van der Waals surface area contributed by atoms with Gasteiger partial charge in [-0.3, -0.25) is 0 Å². The summed E-state index contributed by atoms with van der Waals surface area (Å²) in [6.45, 7) is 0.879. The lowest BCUT2D eigenvalue weighted by Crippen LogP contribution is -2.25. The van der Waals surface area contributed by atoms with E-state index in [4.69, 9.17) is 0 Å². The van der Waals surface area contributed by atoms with Gasteiger partial charge in [-0.25, -0.2) is 4.98 Å². The first-order valence-corrected chi connectivity index (χ1v) is 7.18. The molecule has 3 heteroatoms.